The number of nitrogens with zero attached hydrogens (tertiary/aromatic N) is 2. The number of nitrogens with two attached hydrogens (primary N) is 1. The summed E-state index contributed by atoms with van der Waals surface area (Å²) >= 11 is 0. The van der Waals surface area contributed by atoms with Crippen molar-refractivity contribution in [3.63, 3.8) is 0 Å². The highest BCUT2D eigenvalue weighted by Gasteiger charge is 2.11. The van der Waals surface area contributed by atoms with Gasteiger partial charge in [-0.2, -0.15) is 0 Å². The molecule has 1 heterocycles. The molecular formula is C12H11N3O. The van der Waals surface area contributed by atoms with Crippen molar-refractivity contribution in [2.24, 2.45) is 0 Å². The Morgan fingerprint density at radius 2 is 1.88 bits per heavy atom. The molecule has 0 bridgehead atoms. The third-order valence-electron chi connectivity index (χ3n) is 2.24. The number of carbonyl (C=O) groups is 1. The predicted molar refractivity (Wildman–Crippen MR) is 61.9 cm³/mol. The molecule has 2 rings (SSSR count). The fourth-order valence-electron chi connectivity index (χ4n) is 1.48. The first-order chi connectivity index (χ1) is 7.68. The standard InChI is InChI=1S/C12H11N3O/c1-8(16)10-7-11(13)14-15-12(10)9-5-3-2-4-6-9/h2-7H,1H3,(H2,13,14). The van der Waals surface area contributed by atoms with Gasteiger partial charge in [-0.1, -0.05) is 30.3 Å². The molecular weight excluding hydrogens is 202 g/mol. The molecule has 0 amide bonds. The van der Waals surface area contributed by atoms with Crippen LogP contribution in [0.2, 0.25) is 0 Å². The first-order valence-electron chi connectivity index (χ1n) is 4.88. The molecule has 0 aliphatic carbocycles. The fourth-order valence-corrected chi connectivity index (χ4v) is 1.48. The number of nitrogen functional groups attached to an aromatic ring is 1. The Bertz CT molecular complexity index is 523. The Labute approximate surface area is 93.1 Å². The number of benzene rings is 1. The van der Waals surface area contributed by atoms with Gasteiger partial charge in [0.1, 0.15) is 11.5 Å². The summed E-state index contributed by atoms with van der Waals surface area (Å²) in [5.74, 6) is 0.185. The van der Waals surface area contributed by atoms with Crippen molar-refractivity contribution in [2.45, 2.75) is 6.92 Å². The number of anilines is 1. The zero-order valence-electron chi connectivity index (χ0n) is 8.84. The van der Waals surface area contributed by atoms with E-state index < -0.39 is 0 Å². The summed E-state index contributed by atoms with van der Waals surface area (Å²) in [6.07, 6.45) is 0. The predicted octanol–water partition coefficient (Wildman–Crippen LogP) is 1.93. The van der Waals surface area contributed by atoms with Crippen LogP contribution in [0.15, 0.2) is 36.4 Å². The molecule has 16 heavy (non-hydrogen) atoms. The van der Waals surface area contributed by atoms with Crippen molar-refractivity contribution < 1.29 is 4.79 Å². The van der Waals surface area contributed by atoms with Gasteiger partial charge in [-0.15, -0.1) is 10.2 Å². The molecule has 0 unspecified atom stereocenters. The average molecular weight is 213 g/mol. The molecule has 0 fully saturated rings. The van der Waals surface area contributed by atoms with E-state index in [9.17, 15) is 4.79 Å². The molecule has 4 nitrogen and oxygen atoms in total. The van der Waals surface area contributed by atoms with E-state index in [0.29, 0.717) is 11.3 Å². The number of carbonyl (C=O) groups excluding carboxylic acids is 1. The minimum absolute atomic E-state index is 0.0690. The molecule has 2 aromatic rings. The van der Waals surface area contributed by atoms with Gasteiger partial charge in [0.15, 0.2) is 5.78 Å². The molecule has 4 heteroatoms. The minimum atomic E-state index is -0.0690. The van der Waals surface area contributed by atoms with Gasteiger partial charge in [-0.05, 0) is 13.0 Å². The summed E-state index contributed by atoms with van der Waals surface area (Å²) in [7, 11) is 0. The quantitative estimate of drug-likeness (QED) is 0.774. The highest BCUT2D eigenvalue weighted by molar-refractivity contribution is 6.00. The van der Waals surface area contributed by atoms with E-state index in [1.54, 1.807) is 6.07 Å². The Morgan fingerprint density at radius 3 is 2.50 bits per heavy atom. The summed E-state index contributed by atoms with van der Waals surface area (Å²) in [5.41, 5.74) is 7.45. The lowest BCUT2D eigenvalue weighted by molar-refractivity contribution is 0.101. The molecule has 0 spiro atoms. The number of ketones is 1. The molecule has 0 saturated heterocycles. The normalized spacial score (nSPS) is 10.1. The highest BCUT2D eigenvalue weighted by Crippen LogP contribution is 2.21. The van der Waals surface area contributed by atoms with Crippen LogP contribution in [0.4, 0.5) is 5.82 Å². The fraction of sp³-hybridized carbons (Fsp3) is 0.0833. The number of aromatic nitrogens is 2. The number of rotatable bonds is 2. The van der Waals surface area contributed by atoms with E-state index in [1.165, 1.54) is 6.92 Å². The molecule has 0 saturated carbocycles. The second kappa shape index (κ2) is 4.10. The largest absolute Gasteiger partial charge is 0.382 e. The summed E-state index contributed by atoms with van der Waals surface area (Å²) in [6.45, 7) is 1.49. The third-order valence-corrected chi connectivity index (χ3v) is 2.24. The van der Waals surface area contributed by atoms with Crippen molar-refractivity contribution in [1.82, 2.24) is 10.2 Å². The van der Waals surface area contributed by atoms with Crippen molar-refractivity contribution >= 4 is 11.6 Å². The smallest absolute Gasteiger partial charge is 0.162 e. The van der Waals surface area contributed by atoms with Crippen LogP contribution < -0.4 is 5.73 Å². The van der Waals surface area contributed by atoms with Gasteiger partial charge in [0.05, 0.1) is 0 Å². The molecule has 0 atom stereocenters. The van der Waals surface area contributed by atoms with Gasteiger partial charge >= 0.3 is 0 Å². The third kappa shape index (κ3) is 1.91. The van der Waals surface area contributed by atoms with E-state index in [2.05, 4.69) is 10.2 Å². The lowest BCUT2D eigenvalue weighted by atomic mass is 10.0. The molecule has 1 aromatic carbocycles. The Balaban J connectivity index is 2.61. The Kier molecular flexibility index (Phi) is 2.64. The molecule has 2 N–H and O–H groups in total. The molecule has 0 aliphatic rings. The summed E-state index contributed by atoms with van der Waals surface area (Å²) in [6, 6.07) is 11.0. The van der Waals surface area contributed by atoms with Gasteiger partial charge in [-0.25, -0.2) is 0 Å². The van der Waals surface area contributed by atoms with E-state index in [4.69, 9.17) is 5.73 Å². The minimum Gasteiger partial charge on any atom is -0.382 e. The second-order valence-corrected chi connectivity index (χ2v) is 3.45. The van der Waals surface area contributed by atoms with Gasteiger partial charge in [0.25, 0.3) is 0 Å². The van der Waals surface area contributed by atoms with Gasteiger partial charge in [-0.3, -0.25) is 4.79 Å². The first-order valence-corrected chi connectivity index (χ1v) is 4.88. The monoisotopic (exact) mass is 213 g/mol. The van der Waals surface area contributed by atoms with Gasteiger partial charge in [0.2, 0.25) is 0 Å². The van der Waals surface area contributed by atoms with Crippen LogP contribution in [0, 0.1) is 0 Å². The first kappa shape index (κ1) is 10.3. The van der Waals surface area contributed by atoms with E-state index in [1.807, 2.05) is 30.3 Å². The van der Waals surface area contributed by atoms with Crippen molar-refractivity contribution in [3.05, 3.63) is 42.0 Å². The lowest BCUT2D eigenvalue weighted by Gasteiger charge is -2.05. The van der Waals surface area contributed by atoms with Crippen LogP contribution >= 0.6 is 0 Å². The zero-order valence-corrected chi connectivity index (χ0v) is 8.84. The van der Waals surface area contributed by atoms with Crippen molar-refractivity contribution in [3.8, 4) is 11.3 Å². The average Bonchev–Trinajstić information content (AvgIpc) is 2.30. The van der Waals surface area contributed by atoms with Gasteiger partial charge in [0, 0.05) is 11.1 Å². The van der Waals surface area contributed by atoms with Crippen LogP contribution in [-0.2, 0) is 0 Å². The summed E-state index contributed by atoms with van der Waals surface area (Å²) in [5, 5.41) is 7.75. The van der Waals surface area contributed by atoms with Crippen molar-refractivity contribution in [1.29, 1.82) is 0 Å². The zero-order chi connectivity index (χ0) is 11.5. The maximum Gasteiger partial charge on any atom is 0.162 e. The van der Waals surface area contributed by atoms with E-state index in [0.717, 1.165) is 5.56 Å². The number of hydrogen-bond donors (Lipinski definition) is 1. The van der Waals surface area contributed by atoms with E-state index in [-0.39, 0.29) is 11.6 Å². The lowest BCUT2D eigenvalue weighted by Crippen LogP contribution is -2.03. The molecule has 1 aromatic heterocycles. The van der Waals surface area contributed by atoms with Crippen LogP contribution in [0.25, 0.3) is 11.3 Å². The maximum atomic E-state index is 11.5. The molecule has 0 aliphatic heterocycles. The van der Waals surface area contributed by atoms with Crippen LogP contribution in [0.5, 0.6) is 0 Å². The second-order valence-electron chi connectivity index (χ2n) is 3.45. The Morgan fingerprint density at radius 1 is 1.19 bits per heavy atom. The van der Waals surface area contributed by atoms with Crippen molar-refractivity contribution in [2.75, 3.05) is 5.73 Å². The number of hydrogen-bond acceptors (Lipinski definition) is 4. The van der Waals surface area contributed by atoms with Crippen LogP contribution in [0.1, 0.15) is 17.3 Å². The van der Waals surface area contributed by atoms with E-state index >= 15 is 0 Å². The molecule has 0 radical (unpaired) electrons. The summed E-state index contributed by atoms with van der Waals surface area (Å²) in [4.78, 5) is 11.5. The van der Waals surface area contributed by atoms with Gasteiger partial charge < -0.3 is 5.73 Å². The maximum absolute atomic E-state index is 11.5. The topological polar surface area (TPSA) is 68.9 Å². The summed E-state index contributed by atoms with van der Waals surface area (Å²) < 4.78 is 0. The molecule has 80 valence electrons. The SMILES string of the molecule is CC(=O)c1cc(N)nnc1-c1ccccc1. The van der Waals surface area contributed by atoms with Crippen LogP contribution in [0.3, 0.4) is 0 Å². The number of Topliss-reactive ketones (excluding diaryl/α,β-unsaturated/α-hetero) is 1. The van der Waals surface area contributed by atoms with Crippen LogP contribution in [-0.4, -0.2) is 16.0 Å². The Hall–Kier alpha value is -2.23. The highest BCUT2D eigenvalue weighted by atomic mass is 16.1.